The van der Waals surface area contributed by atoms with Gasteiger partial charge >= 0.3 is 0 Å². The van der Waals surface area contributed by atoms with E-state index in [9.17, 15) is 13.2 Å². The summed E-state index contributed by atoms with van der Waals surface area (Å²) in [6.45, 7) is 2.06. The van der Waals surface area contributed by atoms with Gasteiger partial charge in [0.25, 0.3) is 15.9 Å². The smallest absolute Gasteiger partial charge is 0.260 e. The lowest BCUT2D eigenvalue weighted by molar-refractivity contribution is -0.112. The zero-order valence-electron chi connectivity index (χ0n) is 14.8. The molecule has 0 saturated heterocycles. The average Bonchev–Trinajstić information content (AvgIpc) is 3.00. The number of carbonyl (C=O) groups excluding carboxylic acids is 1. The molecule has 0 radical (unpaired) electrons. The Morgan fingerprint density at radius 2 is 2.11 bits per heavy atom. The Morgan fingerprint density at radius 3 is 2.89 bits per heavy atom. The fraction of sp³-hybridized carbons (Fsp3) is 0.167. The molecule has 1 amide bonds. The zero-order chi connectivity index (χ0) is 19.9. The first-order valence-electron chi connectivity index (χ1n) is 8.44. The maximum Gasteiger partial charge on any atom is 0.260 e. The zero-order valence-corrected chi connectivity index (χ0v) is 16.4. The minimum atomic E-state index is -3.58. The SMILES string of the molecule is Cc1cc(NC(=O)C2=CC=CN3CCS(=O)(=O)N=C23)n(-c2cccc(Cl)c2)n1. The molecule has 2 aromatic rings. The molecule has 144 valence electrons. The van der Waals surface area contributed by atoms with Crippen LogP contribution in [-0.2, 0) is 14.8 Å². The summed E-state index contributed by atoms with van der Waals surface area (Å²) in [6.07, 6.45) is 4.93. The average molecular weight is 418 g/mol. The summed E-state index contributed by atoms with van der Waals surface area (Å²) >= 11 is 6.06. The van der Waals surface area contributed by atoms with E-state index in [-0.39, 0.29) is 23.7 Å². The molecule has 0 aliphatic carbocycles. The number of aromatic nitrogens is 2. The summed E-state index contributed by atoms with van der Waals surface area (Å²) in [6, 6.07) is 8.79. The first-order chi connectivity index (χ1) is 13.3. The summed E-state index contributed by atoms with van der Waals surface area (Å²) in [7, 11) is -3.58. The largest absolute Gasteiger partial charge is 0.331 e. The summed E-state index contributed by atoms with van der Waals surface area (Å²) in [5, 5.41) is 7.73. The van der Waals surface area contributed by atoms with Crippen molar-refractivity contribution in [3.8, 4) is 5.69 Å². The molecule has 0 unspecified atom stereocenters. The highest BCUT2D eigenvalue weighted by Crippen LogP contribution is 2.23. The molecule has 2 aliphatic rings. The van der Waals surface area contributed by atoms with Crippen molar-refractivity contribution in [1.82, 2.24) is 14.7 Å². The van der Waals surface area contributed by atoms with E-state index in [0.717, 1.165) is 0 Å². The van der Waals surface area contributed by atoms with Crippen molar-refractivity contribution >= 4 is 39.2 Å². The number of sulfonamides is 1. The summed E-state index contributed by atoms with van der Waals surface area (Å²) in [4.78, 5) is 14.6. The number of allylic oxidation sites excluding steroid dienone is 2. The lowest BCUT2D eigenvalue weighted by Gasteiger charge is -2.28. The second-order valence-electron chi connectivity index (χ2n) is 6.33. The number of amides is 1. The number of nitrogens with one attached hydrogen (secondary N) is 1. The van der Waals surface area contributed by atoms with Crippen molar-refractivity contribution in [1.29, 1.82) is 0 Å². The Balaban J connectivity index is 1.67. The van der Waals surface area contributed by atoms with Crippen molar-refractivity contribution in [2.45, 2.75) is 6.92 Å². The number of carbonyl (C=O) groups is 1. The van der Waals surface area contributed by atoms with E-state index < -0.39 is 15.9 Å². The Hall–Kier alpha value is -2.91. The highest BCUT2D eigenvalue weighted by Gasteiger charge is 2.30. The number of benzene rings is 1. The predicted octanol–water partition coefficient (Wildman–Crippen LogP) is 2.27. The Morgan fingerprint density at radius 1 is 1.29 bits per heavy atom. The first-order valence-corrected chi connectivity index (χ1v) is 10.4. The van der Waals surface area contributed by atoms with Gasteiger partial charge in [0.05, 0.1) is 22.7 Å². The van der Waals surface area contributed by atoms with Gasteiger partial charge in [0, 0.05) is 23.8 Å². The van der Waals surface area contributed by atoms with Crippen LogP contribution in [0, 0.1) is 6.92 Å². The molecular formula is C18H16ClN5O3S. The molecule has 28 heavy (non-hydrogen) atoms. The molecule has 0 bridgehead atoms. The van der Waals surface area contributed by atoms with Crippen LogP contribution in [0.2, 0.25) is 5.02 Å². The minimum absolute atomic E-state index is 0.0868. The predicted molar refractivity (Wildman–Crippen MR) is 107 cm³/mol. The van der Waals surface area contributed by atoms with Gasteiger partial charge in [-0.2, -0.15) is 5.10 Å². The van der Waals surface area contributed by atoms with Gasteiger partial charge in [-0.3, -0.25) is 4.79 Å². The molecule has 4 rings (SSSR count). The van der Waals surface area contributed by atoms with Crippen molar-refractivity contribution in [3.05, 3.63) is 65.0 Å². The third-order valence-corrected chi connectivity index (χ3v) is 5.61. The van der Waals surface area contributed by atoms with Crippen LogP contribution in [0.3, 0.4) is 0 Å². The Bertz CT molecular complexity index is 1160. The molecule has 3 heterocycles. The van der Waals surface area contributed by atoms with E-state index in [4.69, 9.17) is 11.6 Å². The fourth-order valence-corrected chi connectivity index (χ4v) is 4.14. The maximum atomic E-state index is 12.9. The van der Waals surface area contributed by atoms with Crippen molar-refractivity contribution < 1.29 is 13.2 Å². The number of nitrogens with zero attached hydrogens (tertiary/aromatic N) is 4. The Labute approximate surface area is 166 Å². The van der Waals surface area contributed by atoms with Gasteiger partial charge in [0.15, 0.2) is 5.84 Å². The molecule has 0 saturated carbocycles. The molecule has 0 spiro atoms. The van der Waals surface area contributed by atoms with Gasteiger partial charge in [0.1, 0.15) is 5.82 Å². The third-order valence-electron chi connectivity index (χ3n) is 4.23. The van der Waals surface area contributed by atoms with Gasteiger partial charge in [-0.25, -0.2) is 13.1 Å². The standard InChI is InChI=1S/C18H16ClN5O3S/c1-12-10-16(24(21-12)14-5-2-4-13(19)11-14)20-18(25)15-6-3-7-23-8-9-28(26,27)22-17(15)23/h2-7,10-11H,8-9H2,1H3,(H,20,25). The molecule has 1 aromatic carbocycles. The van der Waals surface area contributed by atoms with Gasteiger partial charge in [-0.05, 0) is 37.3 Å². The van der Waals surface area contributed by atoms with Gasteiger partial charge in [-0.15, -0.1) is 4.40 Å². The molecule has 8 nitrogen and oxygen atoms in total. The monoisotopic (exact) mass is 417 g/mol. The number of anilines is 1. The van der Waals surface area contributed by atoms with Crippen molar-refractivity contribution in [3.63, 3.8) is 0 Å². The van der Waals surface area contributed by atoms with Crippen LogP contribution in [0.25, 0.3) is 5.69 Å². The second kappa shape index (κ2) is 6.92. The topological polar surface area (TPSA) is 96.7 Å². The van der Waals surface area contributed by atoms with Gasteiger partial charge < -0.3 is 10.2 Å². The second-order valence-corrected chi connectivity index (χ2v) is 8.52. The minimum Gasteiger partial charge on any atom is -0.331 e. The number of halogens is 1. The lowest BCUT2D eigenvalue weighted by atomic mass is 10.1. The van der Waals surface area contributed by atoms with Crippen LogP contribution in [0.5, 0.6) is 0 Å². The van der Waals surface area contributed by atoms with Gasteiger partial charge in [0.2, 0.25) is 0 Å². The van der Waals surface area contributed by atoms with Crippen LogP contribution in [0.15, 0.2) is 58.7 Å². The fourth-order valence-electron chi connectivity index (χ4n) is 2.97. The number of fused-ring (bicyclic) bond motifs is 1. The third kappa shape index (κ3) is 3.58. The van der Waals surface area contributed by atoms with E-state index in [0.29, 0.717) is 22.2 Å². The van der Waals surface area contributed by atoms with Crippen LogP contribution < -0.4 is 5.32 Å². The molecule has 0 fully saturated rings. The molecule has 1 aromatic heterocycles. The molecule has 2 aliphatic heterocycles. The molecular weight excluding hydrogens is 402 g/mol. The Kier molecular flexibility index (Phi) is 4.56. The number of amidine groups is 1. The molecule has 10 heteroatoms. The van der Waals surface area contributed by atoms with E-state index >= 15 is 0 Å². The number of aryl methyl sites for hydroxylation is 1. The first kappa shape index (κ1) is 18.5. The summed E-state index contributed by atoms with van der Waals surface area (Å²) in [5.41, 5.74) is 1.56. The summed E-state index contributed by atoms with van der Waals surface area (Å²) < 4.78 is 29.1. The van der Waals surface area contributed by atoms with E-state index in [1.165, 1.54) is 0 Å². The van der Waals surface area contributed by atoms with Crippen LogP contribution in [-0.4, -0.2) is 47.1 Å². The van der Waals surface area contributed by atoms with Crippen LogP contribution >= 0.6 is 11.6 Å². The van der Waals surface area contributed by atoms with Crippen LogP contribution in [0.1, 0.15) is 5.69 Å². The van der Waals surface area contributed by atoms with E-state index in [1.807, 2.05) is 6.07 Å². The highest BCUT2D eigenvalue weighted by atomic mass is 35.5. The molecule has 1 N–H and O–H groups in total. The quantitative estimate of drug-likeness (QED) is 0.826. The molecule has 0 atom stereocenters. The van der Waals surface area contributed by atoms with Crippen molar-refractivity contribution in [2.24, 2.45) is 4.40 Å². The van der Waals surface area contributed by atoms with E-state index in [2.05, 4.69) is 14.8 Å². The van der Waals surface area contributed by atoms with Crippen LogP contribution in [0.4, 0.5) is 5.82 Å². The van der Waals surface area contributed by atoms with Gasteiger partial charge in [-0.1, -0.05) is 17.7 Å². The van der Waals surface area contributed by atoms with E-state index in [1.54, 1.807) is 59.1 Å². The highest BCUT2D eigenvalue weighted by molar-refractivity contribution is 7.90. The van der Waals surface area contributed by atoms with Crippen molar-refractivity contribution in [2.75, 3.05) is 17.6 Å². The maximum absolute atomic E-state index is 12.9. The lowest BCUT2D eigenvalue weighted by Crippen LogP contribution is -2.41. The number of rotatable bonds is 3. The number of hydrogen-bond acceptors (Lipinski definition) is 5. The summed E-state index contributed by atoms with van der Waals surface area (Å²) in [5.74, 6) is -0.00701. The normalized spacial score (nSPS) is 17.6. The number of hydrogen-bond donors (Lipinski definition) is 1.